The van der Waals surface area contributed by atoms with Crippen molar-refractivity contribution in [2.45, 2.75) is 19.4 Å². The zero-order valence-electron chi connectivity index (χ0n) is 10.0. The van der Waals surface area contributed by atoms with Gasteiger partial charge in [0.2, 0.25) is 0 Å². The molecule has 0 fully saturated rings. The highest BCUT2D eigenvalue weighted by molar-refractivity contribution is 9.10. The highest BCUT2D eigenvalue weighted by atomic mass is 79.9. The molecule has 2 rings (SSSR count). The Hall–Kier alpha value is -1.26. The monoisotopic (exact) mass is 308 g/mol. The predicted octanol–water partition coefficient (Wildman–Crippen LogP) is 3.53. The number of hydrogen-bond acceptors (Lipinski definition) is 2. The van der Waals surface area contributed by atoms with Crippen molar-refractivity contribution in [2.24, 2.45) is 5.73 Å². The Labute approximate surface area is 114 Å². The summed E-state index contributed by atoms with van der Waals surface area (Å²) in [6.45, 7) is 1.96. The van der Waals surface area contributed by atoms with Crippen LogP contribution in [-0.4, -0.2) is 4.98 Å². The summed E-state index contributed by atoms with van der Waals surface area (Å²) in [4.78, 5) is 4.09. The second-order valence-corrected chi connectivity index (χ2v) is 5.23. The molecule has 18 heavy (non-hydrogen) atoms. The van der Waals surface area contributed by atoms with E-state index < -0.39 is 0 Å². The molecule has 2 N–H and O–H groups in total. The minimum atomic E-state index is -0.227. The molecule has 4 heteroatoms. The van der Waals surface area contributed by atoms with E-state index in [2.05, 4.69) is 20.9 Å². The van der Waals surface area contributed by atoms with Crippen LogP contribution in [0.15, 0.2) is 41.1 Å². The molecule has 1 unspecified atom stereocenters. The molecule has 2 aromatic rings. The van der Waals surface area contributed by atoms with Gasteiger partial charge in [-0.05, 0) is 64.2 Å². The van der Waals surface area contributed by atoms with Crippen LogP contribution in [-0.2, 0) is 6.42 Å². The van der Waals surface area contributed by atoms with E-state index in [4.69, 9.17) is 5.73 Å². The summed E-state index contributed by atoms with van der Waals surface area (Å²) in [5.41, 5.74) is 9.05. The van der Waals surface area contributed by atoms with Crippen LogP contribution in [0.5, 0.6) is 0 Å². The van der Waals surface area contributed by atoms with E-state index in [1.807, 2.05) is 13.0 Å². The van der Waals surface area contributed by atoms with E-state index in [9.17, 15) is 4.39 Å². The fourth-order valence-corrected chi connectivity index (χ4v) is 2.23. The third-order valence-corrected chi connectivity index (χ3v) is 3.34. The van der Waals surface area contributed by atoms with Gasteiger partial charge in [-0.25, -0.2) is 4.39 Å². The maximum absolute atomic E-state index is 13.2. The Kier molecular flexibility index (Phi) is 4.09. The Balaban J connectivity index is 2.21. The van der Waals surface area contributed by atoms with E-state index in [1.165, 1.54) is 6.07 Å². The van der Waals surface area contributed by atoms with Crippen LogP contribution in [0.4, 0.5) is 4.39 Å². The normalized spacial score (nSPS) is 12.4. The largest absolute Gasteiger partial charge is 0.324 e. The Morgan fingerprint density at radius 3 is 2.83 bits per heavy atom. The molecule has 0 aliphatic carbocycles. The van der Waals surface area contributed by atoms with Crippen LogP contribution in [0.1, 0.15) is 22.7 Å². The molecule has 1 heterocycles. The van der Waals surface area contributed by atoms with Crippen LogP contribution >= 0.6 is 15.9 Å². The molecule has 1 atom stereocenters. The molecule has 0 bridgehead atoms. The van der Waals surface area contributed by atoms with Crippen molar-refractivity contribution in [1.82, 2.24) is 4.98 Å². The Bertz CT molecular complexity index is 557. The van der Waals surface area contributed by atoms with Crippen LogP contribution in [0.2, 0.25) is 0 Å². The summed E-state index contributed by atoms with van der Waals surface area (Å²) in [6, 6.07) is 6.53. The summed E-state index contributed by atoms with van der Waals surface area (Å²) in [5.74, 6) is -0.227. The van der Waals surface area contributed by atoms with Crippen LogP contribution in [0.25, 0.3) is 0 Å². The van der Waals surface area contributed by atoms with Gasteiger partial charge in [-0.3, -0.25) is 4.98 Å². The molecule has 0 amide bonds. The summed E-state index contributed by atoms with van der Waals surface area (Å²) in [6.07, 6.45) is 4.05. The van der Waals surface area contributed by atoms with E-state index in [-0.39, 0.29) is 11.9 Å². The van der Waals surface area contributed by atoms with Gasteiger partial charge in [0.1, 0.15) is 5.82 Å². The first-order valence-electron chi connectivity index (χ1n) is 5.67. The van der Waals surface area contributed by atoms with Gasteiger partial charge >= 0.3 is 0 Å². The second-order valence-electron chi connectivity index (χ2n) is 4.32. The topological polar surface area (TPSA) is 38.9 Å². The van der Waals surface area contributed by atoms with Crippen molar-refractivity contribution in [2.75, 3.05) is 0 Å². The minimum Gasteiger partial charge on any atom is -0.324 e. The second kappa shape index (κ2) is 5.59. The minimum absolute atomic E-state index is 0.185. The van der Waals surface area contributed by atoms with Crippen LogP contribution in [0.3, 0.4) is 0 Å². The fourth-order valence-electron chi connectivity index (χ4n) is 1.85. The van der Waals surface area contributed by atoms with Gasteiger partial charge in [-0.2, -0.15) is 0 Å². The van der Waals surface area contributed by atoms with Crippen molar-refractivity contribution < 1.29 is 4.39 Å². The molecule has 0 radical (unpaired) electrons. The molecule has 1 aromatic carbocycles. The van der Waals surface area contributed by atoms with Crippen molar-refractivity contribution in [3.05, 3.63) is 63.6 Å². The van der Waals surface area contributed by atoms with E-state index in [0.717, 1.165) is 21.2 Å². The van der Waals surface area contributed by atoms with Gasteiger partial charge in [-0.1, -0.05) is 6.07 Å². The average Bonchev–Trinajstić information content (AvgIpc) is 2.34. The molecule has 0 aliphatic heterocycles. The van der Waals surface area contributed by atoms with E-state index in [0.29, 0.717) is 6.42 Å². The third kappa shape index (κ3) is 3.15. The maximum atomic E-state index is 13.2. The van der Waals surface area contributed by atoms with Crippen molar-refractivity contribution in [3.63, 3.8) is 0 Å². The third-order valence-electron chi connectivity index (χ3n) is 2.91. The number of benzene rings is 1. The van der Waals surface area contributed by atoms with Crippen LogP contribution < -0.4 is 5.73 Å². The summed E-state index contributed by atoms with van der Waals surface area (Å²) in [7, 11) is 0. The number of nitrogens with zero attached hydrogens (tertiary/aromatic N) is 1. The molecule has 0 aliphatic rings. The molecule has 2 nitrogen and oxygen atoms in total. The maximum Gasteiger partial charge on any atom is 0.123 e. The summed E-state index contributed by atoms with van der Waals surface area (Å²) < 4.78 is 14.1. The lowest BCUT2D eigenvalue weighted by molar-refractivity contribution is 0.621. The molecule has 1 aromatic heterocycles. The molecule has 0 saturated heterocycles. The first-order valence-corrected chi connectivity index (χ1v) is 6.46. The first kappa shape index (κ1) is 13.2. The average molecular weight is 309 g/mol. The number of halogens is 2. The highest BCUT2D eigenvalue weighted by Crippen LogP contribution is 2.21. The Morgan fingerprint density at radius 1 is 1.33 bits per heavy atom. The quantitative estimate of drug-likeness (QED) is 0.942. The van der Waals surface area contributed by atoms with Crippen LogP contribution in [0, 0.1) is 12.7 Å². The van der Waals surface area contributed by atoms with Gasteiger partial charge in [0.05, 0.1) is 0 Å². The van der Waals surface area contributed by atoms with Crippen molar-refractivity contribution in [1.29, 1.82) is 0 Å². The van der Waals surface area contributed by atoms with Crippen molar-refractivity contribution in [3.8, 4) is 0 Å². The SMILES string of the molecule is Cc1ccc(F)cc1CC(N)c1cncc(Br)c1. The number of nitrogens with two attached hydrogens (primary N) is 1. The number of pyridine rings is 1. The van der Waals surface area contributed by atoms with E-state index in [1.54, 1.807) is 24.5 Å². The molecular formula is C14H14BrFN2. The zero-order valence-corrected chi connectivity index (χ0v) is 11.6. The first-order chi connectivity index (χ1) is 8.56. The smallest absolute Gasteiger partial charge is 0.123 e. The lowest BCUT2D eigenvalue weighted by Gasteiger charge is -2.14. The lowest BCUT2D eigenvalue weighted by atomic mass is 9.98. The summed E-state index contributed by atoms with van der Waals surface area (Å²) >= 11 is 3.36. The van der Waals surface area contributed by atoms with E-state index >= 15 is 0 Å². The highest BCUT2D eigenvalue weighted by Gasteiger charge is 2.10. The predicted molar refractivity (Wildman–Crippen MR) is 73.7 cm³/mol. The standard InChI is InChI=1S/C14H14BrFN2/c1-9-2-3-13(16)5-10(9)6-14(17)11-4-12(15)8-18-7-11/h2-5,7-8,14H,6,17H2,1H3. The zero-order chi connectivity index (χ0) is 13.1. The number of aromatic nitrogens is 1. The van der Waals surface area contributed by atoms with Crippen molar-refractivity contribution >= 4 is 15.9 Å². The van der Waals surface area contributed by atoms with Gasteiger partial charge in [0.25, 0.3) is 0 Å². The van der Waals surface area contributed by atoms with Gasteiger partial charge in [0.15, 0.2) is 0 Å². The number of aryl methyl sites for hydroxylation is 1. The molecule has 0 spiro atoms. The fraction of sp³-hybridized carbons (Fsp3) is 0.214. The molecule has 94 valence electrons. The van der Waals surface area contributed by atoms with Gasteiger partial charge < -0.3 is 5.73 Å². The van der Waals surface area contributed by atoms with Gasteiger partial charge in [-0.15, -0.1) is 0 Å². The number of hydrogen-bond donors (Lipinski definition) is 1. The molecular weight excluding hydrogens is 295 g/mol. The summed E-state index contributed by atoms with van der Waals surface area (Å²) in [5, 5.41) is 0. The molecule has 0 saturated carbocycles. The number of rotatable bonds is 3. The van der Waals surface area contributed by atoms with Gasteiger partial charge in [0, 0.05) is 22.9 Å². The lowest BCUT2D eigenvalue weighted by Crippen LogP contribution is -2.14. The Morgan fingerprint density at radius 2 is 2.11 bits per heavy atom.